The number of benzene rings is 1. The van der Waals surface area contributed by atoms with E-state index in [0.29, 0.717) is 0 Å². The smallest absolute Gasteiger partial charge is 0.0406 e. The Bertz CT molecular complexity index is 392. The molecule has 1 atom stereocenters. The van der Waals surface area contributed by atoms with Crippen LogP contribution in [-0.2, 0) is 0 Å². The van der Waals surface area contributed by atoms with Crippen LogP contribution in [0.5, 0.6) is 0 Å². The molecule has 0 aliphatic heterocycles. The Hall–Kier alpha value is -0.400. The molecule has 2 rings (SSSR count). The summed E-state index contributed by atoms with van der Waals surface area (Å²) >= 11 is 7.78. The van der Waals surface area contributed by atoms with Crippen LogP contribution in [0.25, 0.3) is 0 Å². The molecule has 0 heterocycles. The zero-order valence-corrected chi connectivity index (χ0v) is 11.4. The molecule has 1 aromatic rings. The van der Waals surface area contributed by atoms with E-state index in [1.54, 1.807) is 11.1 Å². The SMILES string of the molecule is CC1=C(CSc2ccc(Cl)cc2)[C@@H](C)CC1. The molecule has 0 bridgehead atoms. The summed E-state index contributed by atoms with van der Waals surface area (Å²) in [6.07, 6.45) is 2.63. The summed E-state index contributed by atoms with van der Waals surface area (Å²) in [5.74, 6) is 1.91. The monoisotopic (exact) mass is 252 g/mol. The number of allylic oxidation sites excluding steroid dienone is 1. The predicted molar refractivity (Wildman–Crippen MR) is 73.3 cm³/mol. The van der Waals surface area contributed by atoms with E-state index >= 15 is 0 Å². The minimum absolute atomic E-state index is 0.778. The molecule has 0 radical (unpaired) electrons. The van der Waals surface area contributed by atoms with Crippen molar-refractivity contribution in [1.82, 2.24) is 0 Å². The molecule has 0 N–H and O–H groups in total. The van der Waals surface area contributed by atoms with Gasteiger partial charge in [0.15, 0.2) is 0 Å². The lowest BCUT2D eigenvalue weighted by molar-refractivity contribution is 0.671. The number of hydrogen-bond acceptors (Lipinski definition) is 1. The van der Waals surface area contributed by atoms with E-state index in [1.807, 2.05) is 23.9 Å². The average molecular weight is 253 g/mol. The molecule has 1 aliphatic rings. The van der Waals surface area contributed by atoms with Gasteiger partial charge in [0.05, 0.1) is 0 Å². The van der Waals surface area contributed by atoms with Crippen LogP contribution in [0.2, 0.25) is 5.02 Å². The molecule has 1 aliphatic carbocycles. The maximum atomic E-state index is 5.87. The summed E-state index contributed by atoms with van der Waals surface area (Å²) in [5.41, 5.74) is 3.26. The molecule has 86 valence electrons. The van der Waals surface area contributed by atoms with Gasteiger partial charge in [-0.1, -0.05) is 29.7 Å². The van der Waals surface area contributed by atoms with E-state index in [1.165, 1.54) is 17.7 Å². The molecule has 0 saturated carbocycles. The molecule has 1 aromatic carbocycles. The zero-order valence-electron chi connectivity index (χ0n) is 9.79. The molecule has 16 heavy (non-hydrogen) atoms. The van der Waals surface area contributed by atoms with Crippen LogP contribution >= 0.6 is 23.4 Å². The Kier molecular flexibility index (Phi) is 3.99. The zero-order chi connectivity index (χ0) is 11.5. The van der Waals surface area contributed by atoms with Gasteiger partial charge in [0.2, 0.25) is 0 Å². The van der Waals surface area contributed by atoms with Crippen LogP contribution in [0, 0.1) is 5.92 Å². The standard InChI is InChI=1S/C14H17ClS/c1-10-3-4-11(2)14(10)9-16-13-7-5-12(15)6-8-13/h5-8,10H,3-4,9H2,1-2H3/t10-/m0/s1. The molecule has 0 nitrogen and oxygen atoms in total. The van der Waals surface area contributed by atoms with Crippen molar-refractivity contribution in [3.63, 3.8) is 0 Å². The van der Waals surface area contributed by atoms with Crippen molar-refractivity contribution in [2.24, 2.45) is 5.92 Å². The van der Waals surface area contributed by atoms with Crippen LogP contribution in [0.4, 0.5) is 0 Å². The van der Waals surface area contributed by atoms with Crippen molar-refractivity contribution >= 4 is 23.4 Å². The Morgan fingerprint density at radius 1 is 1.31 bits per heavy atom. The molecule has 0 unspecified atom stereocenters. The highest BCUT2D eigenvalue weighted by Gasteiger charge is 2.18. The Morgan fingerprint density at radius 3 is 2.56 bits per heavy atom. The third kappa shape index (κ3) is 2.83. The van der Waals surface area contributed by atoms with E-state index in [0.717, 1.165) is 16.7 Å². The second-order valence-electron chi connectivity index (χ2n) is 4.49. The van der Waals surface area contributed by atoms with E-state index in [-0.39, 0.29) is 0 Å². The van der Waals surface area contributed by atoms with E-state index < -0.39 is 0 Å². The van der Waals surface area contributed by atoms with E-state index in [4.69, 9.17) is 11.6 Å². The van der Waals surface area contributed by atoms with Crippen LogP contribution in [0.15, 0.2) is 40.3 Å². The summed E-state index contributed by atoms with van der Waals surface area (Å²) in [7, 11) is 0. The van der Waals surface area contributed by atoms with Gasteiger partial charge in [0, 0.05) is 15.7 Å². The molecule has 0 saturated heterocycles. The summed E-state index contributed by atoms with van der Waals surface area (Å²) in [4.78, 5) is 1.31. The number of halogens is 1. The molecular weight excluding hydrogens is 236 g/mol. The van der Waals surface area contributed by atoms with Crippen molar-refractivity contribution in [2.75, 3.05) is 5.75 Å². The van der Waals surface area contributed by atoms with Crippen LogP contribution in [0.3, 0.4) is 0 Å². The lowest BCUT2D eigenvalue weighted by atomic mass is 10.1. The first-order valence-electron chi connectivity index (χ1n) is 5.73. The van der Waals surface area contributed by atoms with Crippen molar-refractivity contribution in [1.29, 1.82) is 0 Å². The highest BCUT2D eigenvalue weighted by Crippen LogP contribution is 2.35. The quantitative estimate of drug-likeness (QED) is 0.528. The maximum Gasteiger partial charge on any atom is 0.0406 e. The lowest BCUT2D eigenvalue weighted by Gasteiger charge is -2.09. The molecule has 0 fully saturated rings. The number of hydrogen-bond donors (Lipinski definition) is 0. The van der Waals surface area contributed by atoms with Gasteiger partial charge in [-0.25, -0.2) is 0 Å². The first-order chi connectivity index (χ1) is 7.66. The minimum atomic E-state index is 0.778. The van der Waals surface area contributed by atoms with E-state index in [9.17, 15) is 0 Å². The fourth-order valence-corrected chi connectivity index (χ4v) is 3.45. The van der Waals surface area contributed by atoms with Gasteiger partial charge in [-0.3, -0.25) is 0 Å². The Labute approximate surface area is 107 Å². The van der Waals surface area contributed by atoms with Crippen LogP contribution in [0.1, 0.15) is 26.7 Å². The summed E-state index contributed by atoms with van der Waals surface area (Å²) in [6, 6.07) is 8.12. The van der Waals surface area contributed by atoms with Crippen molar-refractivity contribution in [3.8, 4) is 0 Å². The average Bonchev–Trinajstić information content (AvgIpc) is 2.59. The molecular formula is C14H17ClS. The fourth-order valence-electron chi connectivity index (χ4n) is 2.15. The normalized spacial score (nSPS) is 20.6. The molecule has 0 spiro atoms. The Balaban J connectivity index is 1.97. The fraction of sp³-hybridized carbons (Fsp3) is 0.429. The highest BCUT2D eigenvalue weighted by atomic mass is 35.5. The van der Waals surface area contributed by atoms with Gasteiger partial charge < -0.3 is 0 Å². The predicted octanol–water partition coefficient (Wildman–Crippen LogP) is 5.18. The first kappa shape index (κ1) is 12.1. The maximum absolute atomic E-state index is 5.87. The largest absolute Gasteiger partial charge is 0.122 e. The molecule has 0 aromatic heterocycles. The van der Waals surface area contributed by atoms with Gasteiger partial charge in [-0.2, -0.15) is 0 Å². The first-order valence-corrected chi connectivity index (χ1v) is 7.10. The molecule has 0 amide bonds. The summed E-state index contributed by atoms with van der Waals surface area (Å²) in [5, 5.41) is 0.814. The number of rotatable bonds is 3. The van der Waals surface area contributed by atoms with Gasteiger partial charge in [-0.05, 0) is 49.9 Å². The van der Waals surface area contributed by atoms with E-state index in [2.05, 4.69) is 26.0 Å². The second kappa shape index (κ2) is 5.29. The topological polar surface area (TPSA) is 0 Å². The van der Waals surface area contributed by atoms with Crippen molar-refractivity contribution < 1.29 is 0 Å². The van der Waals surface area contributed by atoms with Crippen LogP contribution in [-0.4, -0.2) is 5.75 Å². The Morgan fingerprint density at radius 2 is 2.00 bits per heavy atom. The van der Waals surface area contributed by atoms with Gasteiger partial charge in [-0.15, -0.1) is 11.8 Å². The van der Waals surface area contributed by atoms with Gasteiger partial charge in [0.25, 0.3) is 0 Å². The van der Waals surface area contributed by atoms with Crippen LogP contribution < -0.4 is 0 Å². The third-order valence-corrected chi connectivity index (χ3v) is 4.62. The lowest BCUT2D eigenvalue weighted by Crippen LogP contribution is -1.96. The van der Waals surface area contributed by atoms with Crippen molar-refractivity contribution in [2.45, 2.75) is 31.6 Å². The van der Waals surface area contributed by atoms with Gasteiger partial charge >= 0.3 is 0 Å². The summed E-state index contributed by atoms with van der Waals surface area (Å²) in [6.45, 7) is 4.62. The summed E-state index contributed by atoms with van der Waals surface area (Å²) < 4.78 is 0. The minimum Gasteiger partial charge on any atom is -0.122 e. The van der Waals surface area contributed by atoms with Gasteiger partial charge in [0.1, 0.15) is 0 Å². The molecule has 2 heteroatoms. The number of thioether (sulfide) groups is 1. The third-order valence-electron chi connectivity index (χ3n) is 3.30. The second-order valence-corrected chi connectivity index (χ2v) is 5.97. The highest BCUT2D eigenvalue weighted by molar-refractivity contribution is 7.99. The van der Waals surface area contributed by atoms with Crippen molar-refractivity contribution in [3.05, 3.63) is 40.4 Å².